The van der Waals surface area contributed by atoms with Crippen LogP contribution in [-0.2, 0) is 0 Å². The van der Waals surface area contributed by atoms with Crippen LogP contribution in [0.3, 0.4) is 0 Å². The van der Waals surface area contributed by atoms with Gasteiger partial charge in [0.15, 0.2) is 0 Å². The Morgan fingerprint density at radius 1 is 1.00 bits per heavy atom. The van der Waals surface area contributed by atoms with E-state index in [-0.39, 0.29) is 6.04 Å². The number of likely N-dealkylation sites (tertiary alicyclic amines) is 1. The van der Waals surface area contributed by atoms with Gasteiger partial charge in [-0.2, -0.15) is 0 Å². The number of rotatable bonds is 1. The van der Waals surface area contributed by atoms with E-state index in [4.69, 9.17) is 5.73 Å². The minimum absolute atomic E-state index is 0.205. The van der Waals surface area contributed by atoms with Crippen molar-refractivity contribution in [3.05, 3.63) is 0 Å². The highest BCUT2D eigenvalue weighted by atomic mass is 19.1. The lowest BCUT2D eigenvalue weighted by Crippen LogP contribution is -2.49. The predicted octanol–water partition coefficient (Wildman–Crippen LogP) is 1.69. The average molecular weight is 200 g/mol. The number of halogens is 1. The van der Waals surface area contributed by atoms with E-state index in [0.29, 0.717) is 6.04 Å². The smallest absolute Gasteiger partial charge is 0.116 e. The molecule has 14 heavy (non-hydrogen) atoms. The molecule has 82 valence electrons. The third-order valence-electron chi connectivity index (χ3n) is 3.69. The van der Waals surface area contributed by atoms with Crippen molar-refractivity contribution in [3.63, 3.8) is 0 Å². The van der Waals surface area contributed by atoms with Gasteiger partial charge in [-0.3, -0.25) is 4.90 Å². The van der Waals surface area contributed by atoms with E-state index in [1.807, 2.05) is 0 Å². The summed E-state index contributed by atoms with van der Waals surface area (Å²) < 4.78 is 13.7. The van der Waals surface area contributed by atoms with Crippen LogP contribution in [0, 0.1) is 0 Å². The Hall–Kier alpha value is -0.150. The van der Waals surface area contributed by atoms with Gasteiger partial charge in [-0.1, -0.05) is 12.8 Å². The maximum atomic E-state index is 13.7. The second-order valence-corrected chi connectivity index (χ2v) is 4.74. The minimum atomic E-state index is -0.585. The van der Waals surface area contributed by atoms with Crippen LogP contribution in [0.4, 0.5) is 4.39 Å². The molecule has 0 spiro atoms. The van der Waals surface area contributed by atoms with Crippen molar-refractivity contribution in [3.8, 4) is 0 Å². The van der Waals surface area contributed by atoms with Gasteiger partial charge in [0.2, 0.25) is 0 Å². The fourth-order valence-corrected chi connectivity index (χ4v) is 2.73. The summed E-state index contributed by atoms with van der Waals surface area (Å²) in [6.45, 7) is 2.01. The zero-order chi connectivity index (χ0) is 9.97. The fourth-order valence-electron chi connectivity index (χ4n) is 2.73. The number of nitrogens with zero attached hydrogens (tertiary/aromatic N) is 1. The molecule has 1 aliphatic heterocycles. The van der Waals surface area contributed by atoms with Crippen molar-refractivity contribution < 1.29 is 4.39 Å². The van der Waals surface area contributed by atoms with Crippen LogP contribution in [0.25, 0.3) is 0 Å². The Labute approximate surface area is 85.6 Å². The van der Waals surface area contributed by atoms with E-state index in [1.165, 1.54) is 6.42 Å². The molecule has 1 saturated heterocycles. The maximum absolute atomic E-state index is 13.7. The molecular weight excluding hydrogens is 179 g/mol. The molecule has 3 heteroatoms. The highest BCUT2D eigenvalue weighted by Crippen LogP contribution is 2.27. The van der Waals surface area contributed by atoms with Gasteiger partial charge in [-0.25, -0.2) is 4.39 Å². The molecule has 0 aromatic rings. The second-order valence-electron chi connectivity index (χ2n) is 4.74. The molecule has 0 aromatic carbocycles. The first-order chi connectivity index (χ1) is 6.77. The standard InChI is InChI=1S/C11H21FN2/c12-10-3-1-2-4-11(10)14-7-5-9(13)6-8-14/h9-11H,1-8,13H2/t10-,11+/m0/s1. The van der Waals surface area contributed by atoms with Crippen LogP contribution in [0.1, 0.15) is 38.5 Å². The average Bonchev–Trinajstić information content (AvgIpc) is 2.20. The van der Waals surface area contributed by atoms with Gasteiger partial charge in [-0.15, -0.1) is 0 Å². The van der Waals surface area contributed by atoms with Crippen molar-refractivity contribution in [2.45, 2.75) is 56.8 Å². The number of piperidine rings is 1. The zero-order valence-electron chi connectivity index (χ0n) is 8.79. The number of alkyl halides is 1. The lowest BCUT2D eigenvalue weighted by Gasteiger charge is -2.40. The maximum Gasteiger partial charge on any atom is 0.116 e. The molecule has 0 amide bonds. The summed E-state index contributed by atoms with van der Waals surface area (Å²) in [6.07, 6.45) is 5.60. The van der Waals surface area contributed by atoms with Crippen LogP contribution in [-0.4, -0.2) is 36.2 Å². The van der Waals surface area contributed by atoms with E-state index in [1.54, 1.807) is 0 Å². The normalized spacial score (nSPS) is 37.3. The molecule has 0 aromatic heterocycles. The van der Waals surface area contributed by atoms with E-state index in [9.17, 15) is 4.39 Å². The zero-order valence-corrected chi connectivity index (χ0v) is 8.79. The van der Waals surface area contributed by atoms with Crippen LogP contribution in [0.5, 0.6) is 0 Å². The number of nitrogens with two attached hydrogens (primary N) is 1. The molecule has 2 fully saturated rings. The lowest BCUT2D eigenvalue weighted by molar-refractivity contribution is 0.0576. The first-order valence-electron chi connectivity index (χ1n) is 5.91. The minimum Gasteiger partial charge on any atom is -0.328 e. The summed E-state index contributed by atoms with van der Waals surface area (Å²) in [5.41, 5.74) is 5.84. The van der Waals surface area contributed by atoms with E-state index in [2.05, 4.69) is 4.90 Å². The van der Waals surface area contributed by atoms with Crippen molar-refractivity contribution >= 4 is 0 Å². The van der Waals surface area contributed by atoms with Gasteiger partial charge in [0, 0.05) is 25.2 Å². The second kappa shape index (κ2) is 4.58. The SMILES string of the molecule is NC1CCN([C@@H]2CCCC[C@@H]2F)CC1. The third kappa shape index (κ3) is 2.26. The van der Waals surface area contributed by atoms with Gasteiger partial charge >= 0.3 is 0 Å². The molecule has 1 aliphatic carbocycles. The van der Waals surface area contributed by atoms with Crippen molar-refractivity contribution in [2.24, 2.45) is 5.73 Å². The molecule has 0 radical (unpaired) electrons. The van der Waals surface area contributed by atoms with Crippen LogP contribution >= 0.6 is 0 Å². The third-order valence-corrected chi connectivity index (χ3v) is 3.69. The molecular formula is C11H21FN2. The first kappa shape index (κ1) is 10.4. The summed E-state index contributed by atoms with van der Waals surface area (Å²) in [5.74, 6) is 0. The molecule has 2 rings (SSSR count). The van der Waals surface area contributed by atoms with Gasteiger partial charge < -0.3 is 5.73 Å². The largest absolute Gasteiger partial charge is 0.328 e. The molecule has 2 nitrogen and oxygen atoms in total. The van der Waals surface area contributed by atoms with Gasteiger partial charge in [0.05, 0.1) is 0 Å². The van der Waals surface area contributed by atoms with Gasteiger partial charge in [-0.05, 0) is 25.7 Å². The molecule has 0 bridgehead atoms. The topological polar surface area (TPSA) is 29.3 Å². The van der Waals surface area contributed by atoms with Gasteiger partial charge in [0.1, 0.15) is 6.17 Å². The molecule has 2 atom stereocenters. The molecule has 2 aliphatic rings. The Balaban J connectivity index is 1.87. The number of hydrogen-bond donors (Lipinski definition) is 1. The monoisotopic (exact) mass is 200 g/mol. The predicted molar refractivity (Wildman–Crippen MR) is 55.9 cm³/mol. The summed E-state index contributed by atoms with van der Waals surface area (Å²) in [4.78, 5) is 2.33. The lowest BCUT2D eigenvalue weighted by atomic mass is 9.90. The highest BCUT2D eigenvalue weighted by Gasteiger charge is 2.31. The van der Waals surface area contributed by atoms with E-state index < -0.39 is 6.17 Å². The molecule has 1 heterocycles. The summed E-state index contributed by atoms with van der Waals surface area (Å²) in [7, 11) is 0. The van der Waals surface area contributed by atoms with Crippen LogP contribution < -0.4 is 5.73 Å². The van der Waals surface area contributed by atoms with Crippen molar-refractivity contribution in [1.29, 1.82) is 0 Å². The Bertz CT molecular complexity index is 178. The molecule has 0 unspecified atom stereocenters. The Kier molecular flexibility index (Phi) is 3.39. The number of hydrogen-bond acceptors (Lipinski definition) is 2. The fraction of sp³-hybridized carbons (Fsp3) is 1.00. The van der Waals surface area contributed by atoms with Gasteiger partial charge in [0.25, 0.3) is 0 Å². The Morgan fingerprint density at radius 2 is 1.64 bits per heavy atom. The summed E-state index contributed by atoms with van der Waals surface area (Å²) in [5, 5.41) is 0. The van der Waals surface area contributed by atoms with E-state index in [0.717, 1.165) is 45.2 Å². The Morgan fingerprint density at radius 3 is 2.29 bits per heavy atom. The molecule has 2 N–H and O–H groups in total. The van der Waals surface area contributed by atoms with Crippen molar-refractivity contribution in [1.82, 2.24) is 4.90 Å². The van der Waals surface area contributed by atoms with Crippen molar-refractivity contribution in [2.75, 3.05) is 13.1 Å². The summed E-state index contributed by atoms with van der Waals surface area (Å²) >= 11 is 0. The highest BCUT2D eigenvalue weighted by molar-refractivity contribution is 4.86. The summed E-state index contributed by atoms with van der Waals surface area (Å²) in [6, 6.07) is 0.559. The van der Waals surface area contributed by atoms with E-state index >= 15 is 0 Å². The van der Waals surface area contributed by atoms with Crippen LogP contribution in [0.15, 0.2) is 0 Å². The van der Waals surface area contributed by atoms with Crippen LogP contribution in [0.2, 0.25) is 0 Å². The first-order valence-corrected chi connectivity index (χ1v) is 5.91. The molecule has 1 saturated carbocycles. The quantitative estimate of drug-likeness (QED) is 0.698.